The summed E-state index contributed by atoms with van der Waals surface area (Å²) in [4.78, 5) is 2.56. The Balaban J connectivity index is 2.50. The Bertz CT molecular complexity index is 134. The van der Waals surface area contributed by atoms with Crippen LogP contribution < -0.4 is 5.73 Å². The minimum Gasteiger partial charge on any atom is -0.328 e. The lowest BCUT2D eigenvalue weighted by Crippen LogP contribution is -2.38. The van der Waals surface area contributed by atoms with Crippen molar-refractivity contribution in [3.05, 3.63) is 0 Å². The molecule has 12 heavy (non-hydrogen) atoms. The zero-order valence-electron chi connectivity index (χ0n) is 8.59. The summed E-state index contributed by atoms with van der Waals surface area (Å²) in [7, 11) is 0. The maximum absolute atomic E-state index is 5.93. The summed E-state index contributed by atoms with van der Waals surface area (Å²) in [6.07, 6.45) is 3.63. The molecule has 1 rings (SSSR count). The molecule has 2 N–H and O–H groups in total. The molecule has 0 aromatic carbocycles. The molecule has 0 radical (unpaired) electrons. The van der Waals surface area contributed by atoms with E-state index in [-0.39, 0.29) is 0 Å². The molecule has 2 nitrogen and oxygen atoms in total. The standard InChI is InChI=1S/C10H22N2/c1-8(2)12-7-6-10(11)5-4-9(12)3/h8-10H,4-7,11H2,1-3H3. The van der Waals surface area contributed by atoms with E-state index >= 15 is 0 Å². The zero-order valence-corrected chi connectivity index (χ0v) is 8.59. The largest absolute Gasteiger partial charge is 0.328 e. The van der Waals surface area contributed by atoms with Crippen molar-refractivity contribution in [1.82, 2.24) is 4.90 Å². The fourth-order valence-corrected chi connectivity index (χ4v) is 2.07. The molecule has 2 unspecified atom stereocenters. The van der Waals surface area contributed by atoms with Gasteiger partial charge in [-0.2, -0.15) is 0 Å². The van der Waals surface area contributed by atoms with Crippen molar-refractivity contribution in [1.29, 1.82) is 0 Å². The normalized spacial score (nSPS) is 33.8. The first-order valence-corrected chi connectivity index (χ1v) is 5.12. The smallest absolute Gasteiger partial charge is 0.00702 e. The van der Waals surface area contributed by atoms with Crippen LogP contribution in [-0.2, 0) is 0 Å². The van der Waals surface area contributed by atoms with Crippen molar-refractivity contribution < 1.29 is 0 Å². The first-order chi connectivity index (χ1) is 5.61. The van der Waals surface area contributed by atoms with E-state index in [1.54, 1.807) is 0 Å². The SMILES string of the molecule is CC(C)N1CCC(N)CCC1C. The molecule has 0 aromatic heterocycles. The molecule has 1 aliphatic heterocycles. The van der Waals surface area contributed by atoms with E-state index in [0.29, 0.717) is 12.1 Å². The number of hydrogen-bond acceptors (Lipinski definition) is 2. The Kier molecular flexibility index (Phi) is 3.53. The molecular weight excluding hydrogens is 148 g/mol. The number of likely N-dealkylation sites (tertiary alicyclic amines) is 1. The second-order valence-electron chi connectivity index (χ2n) is 4.31. The van der Waals surface area contributed by atoms with Crippen LogP contribution in [0.25, 0.3) is 0 Å². The van der Waals surface area contributed by atoms with E-state index in [0.717, 1.165) is 6.04 Å². The van der Waals surface area contributed by atoms with E-state index in [1.807, 2.05) is 0 Å². The number of hydrogen-bond donors (Lipinski definition) is 1. The lowest BCUT2D eigenvalue weighted by molar-refractivity contribution is 0.168. The molecule has 2 heteroatoms. The van der Waals surface area contributed by atoms with Gasteiger partial charge in [0.2, 0.25) is 0 Å². The summed E-state index contributed by atoms with van der Waals surface area (Å²) in [5.74, 6) is 0. The molecule has 1 aliphatic rings. The van der Waals surface area contributed by atoms with Crippen molar-refractivity contribution in [2.45, 2.75) is 58.2 Å². The monoisotopic (exact) mass is 170 g/mol. The van der Waals surface area contributed by atoms with Gasteiger partial charge < -0.3 is 5.73 Å². The molecule has 0 bridgehead atoms. The second kappa shape index (κ2) is 4.24. The summed E-state index contributed by atoms with van der Waals surface area (Å²) in [5.41, 5.74) is 5.93. The van der Waals surface area contributed by atoms with Crippen LogP contribution in [0.4, 0.5) is 0 Å². The van der Waals surface area contributed by atoms with E-state index < -0.39 is 0 Å². The van der Waals surface area contributed by atoms with Crippen molar-refractivity contribution in [3.63, 3.8) is 0 Å². The minimum absolute atomic E-state index is 0.441. The molecule has 1 heterocycles. The van der Waals surface area contributed by atoms with Crippen LogP contribution in [0.1, 0.15) is 40.0 Å². The molecule has 72 valence electrons. The predicted molar refractivity (Wildman–Crippen MR) is 53.1 cm³/mol. The van der Waals surface area contributed by atoms with Crippen molar-refractivity contribution >= 4 is 0 Å². The highest BCUT2D eigenvalue weighted by Gasteiger charge is 2.21. The summed E-state index contributed by atoms with van der Waals surface area (Å²) >= 11 is 0. The Morgan fingerprint density at radius 3 is 2.50 bits per heavy atom. The number of nitrogens with two attached hydrogens (primary N) is 1. The maximum atomic E-state index is 5.93. The van der Waals surface area contributed by atoms with Gasteiger partial charge in [0.05, 0.1) is 0 Å². The Morgan fingerprint density at radius 1 is 1.25 bits per heavy atom. The van der Waals surface area contributed by atoms with Gasteiger partial charge in [0.15, 0.2) is 0 Å². The van der Waals surface area contributed by atoms with Gasteiger partial charge in [-0.15, -0.1) is 0 Å². The van der Waals surface area contributed by atoms with Crippen molar-refractivity contribution in [2.24, 2.45) is 5.73 Å². The molecule has 0 saturated carbocycles. The number of nitrogens with zero attached hydrogens (tertiary/aromatic N) is 1. The first kappa shape index (κ1) is 10.0. The van der Waals surface area contributed by atoms with Gasteiger partial charge in [-0.05, 0) is 40.0 Å². The van der Waals surface area contributed by atoms with Crippen LogP contribution in [0.5, 0.6) is 0 Å². The van der Waals surface area contributed by atoms with E-state index in [2.05, 4.69) is 25.7 Å². The van der Waals surface area contributed by atoms with Gasteiger partial charge >= 0.3 is 0 Å². The van der Waals surface area contributed by atoms with Gasteiger partial charge in [0.25, 0.3) is 0 Å². The minimum atomic E-state index is 0.441. The van der Waals surface area contributed by atoms with Crippen LogP contribution in [-0.4, -0.2) is 29.6 Å². The van der Waals surface area contributed by atoms with Gasteiger partial charge in [-0.1, -0.05) is 0 Å². The van der Waals surface area contributed by atoms with Crippen LogP contribution in [0.15, 0.2) is 0 Å². The summed E-state index contributed by atoms with van der Waals surface area (Å²) in [5, 5.41) is 0. The molecule has 0 spiro atoms. The van der Waals surface area contributed by atoms with E-state index in [9.17, 15) is 0 Å². The third-order valence-corrected chi connectivity index (χ3v) is 2.94. The lowest BCUT2D eigenvalue weighted by atomic mass is 10.1. The van der Waals surface area contributed by atoms with E-state index in [4.69, 9.17) is 5.73 Å². The van der Waals surface area contributed by atoms with Crippen molar-refractivity contribution in [3.8, 4) is 0 Å². The second-order valence-corrected chi connectivity index (χ2v) is 4.31. The predicted octanol–water partition coefficient (Wildman–Crippen LogP) is 1.60. The summed E-state index contributed by atoms with van der Waals surface area (Å²) in [6, 6.07) is 1.83. The zero-order chi connectivity index (χ0) is 9.14. The van der Waals surface area contributed by atoms with Gasteiger partial charge in [-0.3, -0.25) is 4.90 Å². The first-order valence-electron chi connectivity index (χ1n) is 5.12. The maximum Gasteiger partial charge on any atom is 0.00702 e. The van der Waals surface area contributed by atoms with Crippen LogP contribution in [0.3, 0.4) is 0 Å². The molecule has 2 atom stereocenters. The molecule has 0 aromatic rings. The van der Waals surface area contributed by atoms with Gasteiger partial charge in [0.1, 0.15) is 0 Å². The number of rotatable bonds is 1. The van der Waals surface area contributed by atoms with Crippen LogP contribution in [0.2, 0.25) is 0 Å². The quantitative estimate of drug-likeness (QED) is 0.647. The van der Waals surface area contributed by atoms with Gasteiger partial charge in [-0.25, -0.2) is 0 Å². The van der Waals surface area contributed by atoms with Crippen LogP contribution >= 0.6 is 0 Å². The highest BCUT2D eigenvalue weighted by Crippen LogP contribution is 2.17. The highest BCUT2D eigenvalue weighted by molar-refractivity contribution is 4.79. The molecule has 0 aliphatic carbocycles. The Labute approximate surface area is 76.1 Å². The Hall–Kier alpha value is -0.0800. The fourth-order valence-electron chi connectivity index (χ4n) is 2.07. The average molecular weight is 170 g/mol. The highest BCUT2D eigenvalue weighted by atomic mass is 15.2. The van der Waals surface area contributed by atoms with Gasteiger partial charge in [0, 0.05) is 24.7 Å². The van der Waals surface area contributed by atoms with Crippen LogP contribution in [0, 0.1) is 0 Å². The summed E-state index contributed by atoms with van der Waals surface area (Å²) in [6.45, 7) is 8.04. The fraction of sp³-hybridized carbons (Fsp3) is 1.00. The molecule has 1 saturated heterocycles. The average Bonchev–Trinajstić information content (AvgIpc) is 2.14. The lowest BCUT2D eigenvalue weighted by Gasteiger charge is -2.30. The summed E-state index contributed by atoms with van der Waals surface area (Å²) < 4.78 is 0. The molecule has 0 amide bonds. The third-order valence-electron chi connectivity index (χ3n) is 2.94. The van der Waals surface area contributed by atoms with Crippen molar-refractivity contribution in [2.75, 3.05) is 6.54 Å². The Morgan fingerprint density at radius 2 is 1.92 bits per heavy atom. The molecule has 1 fully saturated rings. The topological polar surface area (TPSA) is 29.3 Å². The molecular formula is C10H22N2. The van der Waals surface area contributed by atoms with E-state index in [1.165, 1.54) is 25.8 Å². The third kappa shape index (κ3) is 2.46.